The van der Waals surface area contributed by atoms with Gasteiger partial charge in [-0.25, -0.2) is 4.79 Å². The zero-order valence-corrected chi connectivity index (χ0v) is 15.6. The molecule has 1 atom stereocenters. The number of primary amides is 1. The zero-order chi connectivity index (χ0) is 20.0. The molecule has 0 aliphatic carbocycles. The van der Waals surface area contributed by atoms with Crippen molar-refractivity contribution in [2.24, 2.45) is 11.7 Å². The van der Waals surface area contributed by atoms with Gasteiger partial charge in [-0.1, -0.05) is 0 Å². The number of ether oxygens (including phenoxy) is 4. The highest BCUT2D eigenvalue weighted by Crippen LogP contribution is 2.34. The predicted octanol–water partition coefficient (Wildman–Crippen LogP) is 0.593. The summed E-state index contributed by atoms with van der Waals surface area (Å²) in [4.78, 5) is 37.5. The third kappa shape index (κ3) is 4.81. The van der Waals surface area contributed by atoms with E-state index < -0.39 is 18.5 Å². The Hall–Kier alpha value is -2.97. The fraction of sp³-hybridized carbons (Fsp3) is 0.500. The summed E-state index contributed by atoms with van der Waals surface area (Å²) in [7, 11) is 4.31. The van der Waals surface area contributed by atoms with Crippen molar-refractivity contribution in [3.05, 3.63) is 17.7 Å². The first kappa shape index (κ1) is 20.3. The van der Waals surface area contributed by atoms with Gasteiger partial charge in [0.1, 0.15) is 11.3 Å². The number of nitrogens with zero attached hydrogens (tertiary/aromatic N) is 1. The number of nitrogens with two attached hydrogens (primary N) is 1. The average Bonchev–Trinajstić information content (AvgIpc) is 2.70. The highest BCUT2D eigenvalue weighted by molar-refractivity contribution is 5.95. The Morgan fingerprint density at radius 1 is 1.07 bits per heavy atom. The Morgan fingerprint density at radius 2 is 1.70 bits per heavy atom. The quantitative estimate of drug-likeness (QED) is 0.688. The maximum absolute atomic E-state index is 12.4. The first-order chi connectivity index (χ1) is 12.9. The molecule has 1 fully saturated rings. The van der Waals surface area contributed by atoms with E-state index in [1.807, 2.05) is 0 Å². The van der Waals surface area contributed by atoms with Crippen LogP contribution in [0.25, 0.3) is 0 Å². The molecule has 0 saturated carbocycles. The largest absolute Gasteiger partial charge is 0.496 e. The lowest BCUT2D eigenvalue weighted by Crippen LogP contribution is -2.45. The van der Waals surface area contributed by atoms with Crippen LogP contribution in [0.2, 0.25) is 0 Å². The Balaban J connectivity index is 2.04. The van der Waals surface area contributed by atoms with E-state index in [9.17, 15) is 14.4 Å². The molecule has 2 N–H and O–H groups in total. The summed E-state index contributed by atoms with van der Waals surface area (Å²) < 4.78 is 20.7. The Morgan fingerprint density at radius 3 is 2.30 bits per heavy atom. The zero-order valence-electron chi connectivity index (χ0n) is 15.6. The van der Waals surface area contributed by atoms with Crippen molar-refractivity contribution in [2.75, 3.05) is 41.0 Å². The van der Waals surface area contributed by atoms with E-state index in [1.165, 1.54) is 38.4 Å². The summed E-state index contributed by atoms with van der Waals surface area (Å²) in [5.41, 5.74) is 5.42. The highest BCUT2D eigenvalue weighted by Gasteiger charge is 2.28. The average molecular weight is 380 g/mol. The van der Waals surface area contributed by atoms with Gasteiger partial charge in [-0.05, 0) is 12.8 Å². The van der Waals surface area contributed by atoms with Crippen molar-refractivity contribution in [1.29, 1.82) is 0 Å². The molecule has 0 spiro atoms. The van der Waals surface area contributed by atoms with Crippen LogP contribution >= 0.6 is 0 Å². The predicted molar refractivity (Wildman–Crippen MR) is 94.9 cm³/mol. The molecule has 1 heterocycles. The molecule has 1 saturated heterocycles. The summed E-state index contributed by atoms with van der Waals surface area (Å²) in [5.74, 6) is -0.955. The van der Waals surface area contributed by atoms with Crippen LogP contribution in [0.3, 0.4) is 0 Å². The van der Waals surface area contributed by atoms with Crippen molar-refractivity contribution in [3.63, 3.8) is 0 Å². The van der Waals surface area contributed by atoms with Crippen LogP contribution in [0.15, 0.2) is 12.1 Å². The lowest BCUT2D eigenvalue weighted by molar-refractivity contribution is -0.137. The summed E-state index contributed by atoms with van der Waals surface area (Å²) in [6.45, 7) is 0.299. The first-order valence-electron chi connectivity index (χ1n) is 8.45. The number of piperidine rings is 1. The third-order valence-corrected chi connectivity index (χ3v) is 4.43. The van der Waals surface area contributed by atoms with Crippen molar-refractivity contribution in [3.8, 4) is 17.2 Å². The number of hydrogen-bond acceptors (Lipinski definition) is 7. The van der Waals surface area contributed by atoms with Gasteiger partial charge in [0.05, 0.1) is 27.2 Å². The molecule has 2 rings (SSSR count). The molecule has 0 radical (unpaired) electrons. The fourth-order valence-electron chi connectivity index (χ4n) is 2.92. The van der Waals surface area contributed by atoms with Crippen LogP contribution in [0.4, 0.5) is 0 Å². The Bertz CT molecular complexity index is 720. The molecule has 0 unspecified atom stereocenters. The van der Waals surface area contributed by atoms with E-state index >= 15 is 0 Å². The van der Waals surface area contributed by atoms with Crippen LogP contribution in [-0.4, -0.2) is 63.7 Å². The van der Waals surface area contributed by atoms with Crippen molar-refractivity contribution in [1.82, 2.24) is 4.90 Å². The fourth-order valence-corrected chi connectivity index (χ4v) is 2.92. The smallest absolute Gasteiger partial charge is 0.342 e. The second-order valence-corrected chi connectivity index (χ2v) is 6.06. The minimum Gasteiger partial charge on any atom is -0.496 e. The Kier molecular flexibility index (Phi) is 6.86. The molecule has 0 aromatic heterocycles. The maximum atomic E-state index is 12.4. The molecule has 1 aromatic rings. The molecule has 0 bridgehead atoms. The third-order valence-electron chi connectivity index (χ3n) is 4.43. The molecule has 1 aromatic carbocycles. The second kappa shape index (κ2) is 9.11. The van der Waals surface area contributed by atoms with E-state index in [1.54, 1.807) is 0 Å². The number of benzene rings is 1. The number of esters is 1. The monoisotopic (exact) mass is 380 g/mol. The van der Waals surface area contributed by atoms with Crippen LogP contribution in [0, 0.1) is 5.92 Å². The molecule has 148 valence electrons. The highest BCUT2D eigenvalue weighted by atomic mass is 16.5. The summed E-state index contributed by atoms with van der Waals surface area (Å²) in [5, 5.41) is 0. The van der Waals surface area contributed by atoms with E-state index in [2.05, 4.69) is 0 Å². The summed E-state index contributed by atoms with van der Waals surface area (Å²) in [6, 6.07) is 2.92. The number of hydrogen-bond donors (Lipinski definition) is 1. The van der Waals surface area contributed by atoms with E-state index in [0.29, 0.717) is 30.9 Å². The normalized spacial score (nSPS) is 16.4. The lowest BCUT2D eigenvalue weighted by Gasteiger charge is -2.31. The number of methoxy groups -OCH3 is 3. The van der Waals surface area contributed by atoms with Gasteiger partial charge in [-0.2, -0.15) is 0 Å². The van der Waals surface area contributed by atoms with Crippen molar-refractivity contribution >= 4 is 17.8 Å². The van der Waals surface area contributed by atoms with Gasteiger partial charge in [-0.15, -0.1) is 0 Å². The SMILES string of the molecule is COc1cc(OC)c(C(=O)OCC(=O)N2CCC[C@@H](C(N)=O)C2)cc1OC. The first-order valence-corrected chi connectivity index (χ1v) is 8.45. The molecule has 1 aliphatic heterocycles. The van der Waals surface area contributed by atoms with Gasteiger partial charge >= 0.3 is 5.97 Å². The van der Waals surface area contributed by atoms with E-state index in [4.69, 9.17) is 24.7 Å². The van der Waals surface area contributed by atoms with Crippen molar-refractivity contribution in [2.45, 2.75) is 12.8 Å². The molecule has 2 amide bonds. The van der Waals surface area contributed by atoms with Gasteiger partial charge in [0, 0.05) is 25.2 Å². The number of rotatable bonds is 7. The minimum atomic E-state index is -0.732. The van der Waals surface area contributed by atoms with Crippen LogP contribution in [0.5, 0.6) is 17.2 Å². The van der Waals surface area contributed by atoms with E-state index in [0.717, 1.165) is 0 Å². The molecule has 1 aliphatic rings. The molecular formula is C18H24N2O7. The minimum absolute atomic E-state index is 0.108. The van der Waals surface area contributed by atoms with E-state index in [-0.39, 0.29) is 29.7 Å². The van der Waals surface area contributed by atoms with Crippen LogP contribution in [-0.2, 0) is 14.3 Å². The summed E-state index contributed by atoms with van der Waals surface area (Å²) >= 11 is 0. The standard InChI is InChI=1S/C18H24N2O7/c1-24-13-8-15(26-3)14(25-2)7-12(13)18(23)27-10-16(21)20-6-4-5-11(9-20)17(19)22/h7-8,11H,4-6,9-10H2,1-3H3,(H2,19,22)/t11-/m1/s1. The van der Waals surface area contributed by atoms with Crippen LogP contribution in [0.1, 0.15) is 23.2 Å². The maximum Gasteiger partial charge on any atom is 0.342 e. The lowest BCUT2D eigenvalue weighted by atomic mass is 9.97. The molecule has 9 nitrogen and oxygen atoms in total. The molecule has 27 heavy (non-hydrogen) atoms. The topological polar surface area (TPSA) is 117 Å². The van der Waals surface area contributed by atoms with Gasteiger partial charge < -0.3 is 29.6 Å². The van der Waals surface area contributed by atoms with Crippen LogP contribution < -0.4 is 19.9 Å². The number of amides is 2. The van der Waals surface area contributed by atoms with Gasteiger partial charge in [0.25, 0.3) is 5.91 Å². The number of carbonyl (C=O) groups is 3. The van der Waals surface area contributed by atoms with Gasteiger partial charge in [0.15, 0.2) is 18.1 Å². The molecule has 9 heteroatoms. The number of likely N-dealkylation sites (tertiary alicyclic amines) is 1. The van der Waals surface area contributed by atoms with Gasteiger partial charge in [-0.3, -0.25) is 9.59 Å². The second-order valence-electron chi connectivity index (χ2n) is 6.06. The Labute approximate surface area is 157 Å². The molecular weight excluding hydrogens is 356 g/mol. The van der Waals surface area contributed by atoms with Crippen molar-refractivity contribution < 1.29 is 33.3 Å². The summed E-state index contributed by atoms with van der Waals surface area (Å²) in [6.07, 6.45) is 1.33. The number of carbonyl (C=O) groups excluding carboxylic acids is 3. The van der Waals surface area contributed by atoms with Gasteiger partial charge in [0.2, 0.25) is 5.91 Å².